The number of benzene rings is 3. The lowest BCUT2D eigenvalue weighted by molar-refractivity contribution is -0.140. The summed E-state index contributed by atoms with van der Waals surface area (Å²) in [6, 6.07) is 20.6. The number of hydrogen-bond acceptors (Lipinski definition) is 5. The van der Waals surface area contributed by atoms with Crippen LogP contribution in [0.4, 0.5) is 5.69 Å². The van der Waals surface area contributed by atoms with Crippen LogP contribution in [0.2, 0.25) is 5.02 Å². The zero-order chi connectivity index (χ0) is 29.3. The molecule has 0 radical (unpaired) electrons. The van der Waals surface area contributed by atoms with Crippen molar-refractivity contribution in [1.29, 1.82) is 0 Å². The molecule has 1 atom stereocenters. The van der Waals surface area contributed by atoms with Crippen LogP contribution < -0.4 is 14.4 Å². The molecular formula is C30H36ClN3O5S. The van der Waals surface area contributed by atoms with Crippen molar-refractivity contribution in [1.82, 2.24) is 10.2 Å². The normalized spacial score (nSPS) is 12.1. The zero-order valence-corrected chi connectivity index (χ0v) is 24.8. The number of halogens is 1. The first-order valence-electron chi connectivity index (χ1n) is 13.2. The van der Waals surface area contributed by atoms with Gasteiger partial charge in [0.2, 0.25) is 11.8 Å². The Labute approximate surface area is 241 Å². The second-order valence-electron chi connectivity index (χ2n) is 9.49. The molecule has 3 aromatic carbocycles. The standard InChI is InChI=1S/C30H36ClN3O5S/c1-5-28(30(36)32-22(3)4)33(20-23-10-8-7-9-11-23)29(35)21-34(25-14-16-26(17-15-25)39-6-2)40(37,38)27-18-12-24(31)13-19-27/h7-19,22,28H,5-6,20-21H2,1-4H3,(H,32,36)/t28-/m0/s1. The van der Waals surface area contributed by atoms with Crippen LogP contribution in [0, 0.1) is 0 Å². The van der Waals surface area contributed by atoms with Crippen LogP contribution in [-0.4, -0.2) is 50.4 Å². The molecule has 0 heterocycles. The van der Waals surface area contributed by atoms with Crippen LogP contribution in [0.25, 0.3) is 0 Å². The maximum Gasteiger partial charge on any atom is 0.264 e. The summed E-state index contributed by atoms with van der Waals surface area (Å²) in [6.45, 7) is 7.45. The molecule has 0 saturated heterocycles. The summed E-state index contributed by atoms with van der Waals surface area (Å²) in [7, 11) is -4.18. The third-order valence-electron chi connectivity index (χ3n) is 6.13. The van der Waals surface area contributed by atoms with Crippen LogP contribution >= 0.6 is 11.6 Å². The zero-order valence-electron chi connectivity index (χ0n) is 23.2. The highest BCUT2D eigenvalue weighted by atomic mass is 35.5. The van der Waals surface area contributed by atoms with E-state index in [1.54, 1.807) is 24.3 Å². The maximum absolute atomic E-state index is 14.0. The van der Waals surface area contributed by atoms with E-state index in [0.29, 0.717) is 23.8 Å². The molecule has 0 fully saturated rings. The average Bonchev–Trinajstić information content (AvgIpc) is 2.92. The molecular weight excluding hydrogens is 550 g/mol. The number of carbonyl (C=O) groups excluding carboxylic acids is 2. The Balaban J connectivity index is 2.05. The van der Waals surface area contributed by atoms with E-state index in [0.717, 1.165) is 9.87 Å². The van der Waals surface area contributed by atoms with Gasteiger partial charge in [-0.1, -0.05) is 48.9 Å². The van der Waals surface area contributed by atoms with Gasteiger partial charge in [-0.15, -0.1) is 0 Å². The molecule has 0 unspecified atom stereocenters. The van der Waals surface area contributed by atoms with Gasteiger partial charge in [0.25, 0.3) is 10.0 Å². The molecule has 8 nitrogen and oxygen atoms in total. The van der Waals surface area contributed by atoms with Gasteiger partial charge < -0.3 is 15.0 Å². The van der Waals surface area contributed by atoms with Crippen LogP contribution in [0.1, 0.15) is 39.7 Å². The molecule has 3 rings (SSSR count). The SMILES string of the molecule is CCOc1ccc(N(CC(=O)N(Cc2ccccc2)[C@@H](CC)C(=O)NC(C)C)S(=O)(=O)c2ccc(Cl)cc2)cc1. The highest BCUT2D eigenvalue weighted by molar-refractivity contribution is 7.92. The summed E-state index contributed by atoms with van der Waals surface area (Å²) < 4.78 is 34.3. The van der Waals surface area contributed by atoms with Crippen molar-refractivity contribution in [2.24, 2.45) is 0 Å². The monoisotopic (exact) mass is 585 g/mol. The van der Waals surface area contributed by atoms with Gasteiger partial charge >= 0.3 is 0 Å². The van der Waals surface area contributed by atoms with Crippen molar-refractivity contribution < 1.29 is 22.7 Å². The van der Waals surface area contributed by atoms with Gasteiger partial charge in [0.15, 0.2) is 0 Å². The Kier molecular flexibility index (Phi) is 11.0. The van der Waals surface area contributed by atoms with E-state index < -0.39 is 28.5 Å². The lowest BCUT2D eigenvalue weighted by atomic mass is 10.1. The van der Waals surface area contributed by atoms with E-state index in [1.165, 1.54) is 29.2 Å². The lowest BCUT2D eigenvalue weighted by Gasteiger charge is -2.33. The highest BCUT2D eigenvalue weighted by Crippen LogP contribution is 2.27. The largest absolute Gasteiger partial charge is 0.494 e. The highest BCUT2D eigenvalue weighted by Gasteiger charge is 2.33. The predicted molar refractivity (Wildman–Crippen MR) is 158 cm³/mol. The van der Waals surface area contributed by atoms with Crippen molar-refractivity contribution >= 4 is 39.1 Å². The van der Waals surface area contributed by atoms with Crippen molar-refractivity contribution in [2.75, 3.05) is 17.5 Å². The Bertz CT molecular complexity index is 1360. The van der Waals surface area contributed by atoms with E-state index in [1.807, 2.05) is 58.0 Å². The number of carbonyl (C=O) groups is 2. The number of ether oxygens (including phenoxy) is 1. The topological polar surface area (TPSA) is 96.0 Å². The first-order chi connectivity index (χ1) is 19.1. The molecule has 2 amide bonds. The molecule has 0 aliphatic rings. The first-order valence-corrected chi connectivity index (χ1v) is 15.0. The van der Waals surface area contributed by atoms with E-state index in [9.17, 15) is 18.0 Å². The molecule has 0 aromatic heterocycles. The van der Waals surface area contributed by atoms with Gasteiger partial charge in [0.1, 0.15) is 18.3 Å². The molecule has 0 spiro atoms. The second-order valence-corrected chi connectivity index (χ2v) is 11.8. The predicted octanol–water partition coefficient (Wildman–Crippen LogP) is 5.27. The fraction of sp³-hybridized carbons (Fsp3) is 0.333. The summed E-state index contributed by atoms with van der Waals surface area (Å²) >= 11 is 6.00. The number of nitrogens with zero attached hydrogens (tertiary/aromatic N) is 2. The quantitative estimate of drug-likeness (QED) is 0.295. The minimum absolute atomic E-state index is 0.0159. The summed E-state index contributed by atoms with van der Waals surface area (Å²) in [6.07, 6.45) is 0.351. The fourth-order valence-corrected chi connectivity index (χ4v) is 5.76. The number of anilines is 1. The average molecular weight is 586 g/mol. The Morgan fingerprint density at radius 1 is 0.925 bits per heavy atom. The molecule has 1 N–H and O–H groups in total. The number of rotatable bonds is 13. The van der Waals surface area contributed by atoms with Gasteiger partial charge in [-0.25, -0.2) is 8.42 Å². The van der Waals surface area contributed by atoms with Crippen molar-refractivity contribution in [3.05, 3.63) is 89.4 Å². The molecule has 214 valence electrons. The summed E-state index contributed by atoms with van der Waals surface area (Å²) in [5.41, 5.74) is 1.10. The van der Waals surface area contributed by atoms with Crippen LogP contribution in [0.3, 0.4) is 0 Å². The fourth-order valence-electron chi connectivity index (χ4n) is 4.22. The number of nitrogens with one attached hydrogen (secondary N) is 1. The van der Waals surface area contributed by atoms with Crippen LogP contribution in [0.5, 0.6) is 5.75 Å². The van der Waals surface area contributed by atoms with Crippen molar-refractivity contribution in [3.63, 3.8) is 0 Å². The number of hydrogen-bond donors (Lipinski definition) is 1. The Hall–Kier alpha value is -3.56. The van der Waals surface area contributed by atoms with Gasteiger partial charge in [0.05, 0.1) is 17.2 Å². The minimum atomic E-state index is -4.18. The van der Waals surface area contributed by atoms with Gasteiger partial charge in [-0.05, 0) is 81.3 Å². The third-order valence-corrected chi connectivity index (χ3v) is 8.17. The van der Waals surface area contributed by atoms with Crippen LogP contribution in [-0.2, 0) is 26.2 Å². The Morgan fingerprint density at radius 3 is 2.10 bits per heavy atom. The summed E-state index contributed by atoms with van der Waals surface area (Å²) in [5.74, 6) is -0.237. The third kappa shape index (κ3) is 7.99. The molecule has 10 heteroatoms. The lowest BCUT2D eigenvalue weighted by Crippen LogP contribution is -2.53. The smallest absolute Gasteiger partial charge is 0.264 e. The van der Waals surface area contributed by atoms with E-state index in [2.05, 4.69) is 5.32 Å². The van der Waals surface area contributed by atoms with Gasteiger partial charge in [0, 0.05) is 17.6 Å². The maximum atomic E-state index is 14.0. The summed E-state index contributed by atoms with van der Waals surface area (Å²) in [5, 5.41) is 3.28. The van der Waals surface area contributed by atoms with E-state index in [-0.39, 0.29) is 29.1 Å². The molecule has 3 aromatic rings. The first kappa shape index (κ1) is 31.0. The molecule has 40 heavy (non-hydrogen) atoms. The summed E-state index contributed by atoms with van der Waals surface area (Å²) in [4.78, 5) is 28.6. The van der Waals surface area contributed by atoms with Crippen LogP contribution in [0.15, 0.2) is 83.8 Å². The Morgan fingerprint density at radius 2 is 1.55 bits per heavy atom. The molecule has 0 aliphatic carbocycles. The van der Waals surface area contributed by atoms with Gasteiger partial charge in [-0.3, -0.25) is 13.9 Å². The molecule has 0 aliphatic heterocycles. The minimum Gasteiger partial charge on any atom is -0.494 e. The van der Waals surface area contributed by atoms with E-state index in [4.69, 9.17) is 16.3 Å². The number of sulfonamides is 1. The van der Waals surface area contributed by atoms with Crippen molar-refractivity contribution in [2.45, 2.75) is 57.6 Å². The van der Waals surface area contributed by atoms with Crippen molar-refractivity contribution in [3.8, 4) is 5.75 Å². The second kappa shape index (κ2) is 14.2. The van der Waals surface area contributed by atoms with E-state index >= 15 is 0 Å². The van der Waals surface area contributed by atoms with Gasteiger partial charge in [-0.2, -0.15) is 0 Å². The molecule has 0 bridgehead atoms. The number of amides is 2. The molecule has 0 saturated carbocycles.